The van der Waals surface area contributed by atoms with Crippen LogP contribution in [0, 0.1) is 0 Å². The molecular formula is C8H12O6S2. The summed E-state index contributed by atoms with van der Waals surface area (Å²) in [6.07, 6.45) is 1.32. The van der Waals surface area contributed by atoms with Gasteiger partial charge in [0.05, 0.1) is 6.42 Å². The van der Waals surface area contributed by atoms with Gasteiger partial charge in [-0.1, -0.05) is 0 Å². The lowest BCUT2D eigenvalue weighted by Gasteiger charge is -2.01. The van der Waals surface area contributed by atoms with Crippen molar-refractivity contribution in [2.45, 2.75) is 13.3 Å². The predicted molar refractivity (Wildman–Crippen MR) is 58.1 cm³/mol. The Balaban J connectivity index is 5.50. The topological polar surface area (TPSA) is 102 Å². The van der Waals surface area contributed by atoms with Gasteiger partial charge in [-0.05, 0) is 6.92 Å². The number of hydrogen-bond donors (Lipinski definition) is 0. The highest BCUT2D eigenvalue weighted by molar-refractivity contribution is 8.13. The molecule has 0 saturated heterocycles. The van der Waals surface area contributed by atoms with E-state index in [0.29, 0.717) is 18.6 Å². The Hall–Kier alpha value is -1.02. The Bertz CT molecular complexity index is 501. The van der Waals surface area contributed by atoms with Crippen LogP contribution in [0.1, 0.15) is 13.3 Å². The van der Waals surface area contributed by atoms with Crippen molar-refractivity contribution >= 4 is 31.2 Å². The molecule has 0 aromatic carbocycles. The number of hydrogen-bond acceptors (Lipinski definition) is 6. The second-order valence-electron chi connectivity index (χ2n) is 3.35. The summed E-state index contributed by atoms with van der Waals surface area (Å²) in [6, 6.07) is 0. The predicted octanol–water partition coefficient (Wildman–Crippen LogP) is -0.535. The maximum absolute atomic E-state index is 11.1. The third-order valence-corrected chi connectivity index (χ3v) is 4.95. The Morgan fingerprint density at radius 2 is 1.38 bits per heavy atom. The summed E-state index contributed by atoms with van der Waals surface area (Å²) in [5.74, 6) is -1.32. The van der Waals surface area contributed by atoms with E-state index in [4.69, 9.17) is 0 Å². The molecule has 0 heterocycles. The molecule has 0 radical (unpaired) electrons. The van der Waals surface area contributed by atoms with Gasteiger partial charge in [0.1, 0.15) is 5.78 Å². The normalized spacial score (nSPS) is 11.9. The van der Waals surface area contributed by atoms with Crippen molar-refractivity contribution in [3.63, 3.8) is 0 Å². The lowest BCUT2D eigenvalue weighted by molar-refractivity contribution is -0.123. The average Bonchev–Trinajstić information content (AvgIpc) is 1.94. The third kappa shape index (κ3) is 5.17. The molecule has 0 bridgehead atoms. The standard InChI is InChI=1S/C8H12O6S2/c1-6(9)4-7(10)5-8(15(2,11)12)16(3,13)14/h5H,4H2,1-3H3. The van der Waals surface area contributed by atoms with Crippen molar-refractivity contribution < 1.29 is 26.4 Å². The Morgan fingerprint density at radius 3 is 1.62 bits per heavy atom. The summed E-state index contributed by atoms with van der Waals surface area (Å²) in [6.45, 7) is 1.15. The first-order valence-electron chi connectivity index (χ1n) is 4.08. The smallest absolute Gasteiger partial charge is 0.186 e. The van der Waals surface area contributed by atoms with Crippen LogP contribution in [0.5, 0.6) is 0 Å². The molecule has 0 fully saturated rings. The molecule has 0 unspecified atom stereocenters. The Labute approximate surface area is 94.2 Å². The van der Waals surface area contributed by atoms with E-state index in [9.17, 15) is 26.4 Å². The molecule has 6 nitrogen and oxygen atoms in total. The lowest BCUT2D eigenvalue weighted by atomic mass is 10.2. The fourth-order valence-electron chi connectivity index (χ4n) is 0.917. The monoisotopic (exact) mass is 268 g/mol. The maximum atomic E-state index is 11.1. The largest absolute Gasteiger partial charge is 0.300 e. The molecule has 0 spiro atoms. The van der Waals surface area contributed by atoms with E-state index in [1.807, 2.05) is 0 Å². The van der Waals surface area contributed by atoms with Gasteiger partial charge in [-0.3, -0.25) is 9.59 Å². The van der Waals surface area contributed by atoms with Crippen molar-refractivity contribution in [1.82, 2.24) is 0 Å². The van der Waals surface area contributed by atoms with E-state index in [0.717, 1.165) is 6.92 Å². The highest BCUT2D eigenvalue weighted by Crippen LogP contribution is 2.12. The molecule has 0 saturated carbocycles. The molecular weight excluding hydrogens is 256 g/mol. The molecule has 92 valence electrons. The minimum Gasteiger partial charge on any atom is -0.300 e. The van der Waals surface area contributed by atoms with Gasteiger partial charge in [0.15, 0.2) is 29.7 Å². The molecule has 16 heavy (non-hydrogen) atoms. The zero-order chi connectivity index (χ0) is 13.1. The molecule has 0 amide bonds. The van der Waals surface area contributed by atoms with Crippen LogP contribution in [-0.2, 0) is 29.3 Å². The fourth-order valence-corrected chi connectivity index (χ4v) is 3.81. The molecule has 0 aromatic heterocycles. The average molecular weight is 268 g/mol. The molecule has 8 heteroatoms. The van der Waals surface area contributed by atoms with E-state index in [1.165, 1.54) is 0 Å². The molecule has 0 atom stereocenters. The van der Waals surface area contributed by atoms with Gasteiger partial charge in [0.25, 0.3) is 0 Å². The van der Waals surface area contributed by atoms with Crippen LogP contribution in [0.3, 0.4) is 0 Å². The summed E-state index contributed by atoms with van der Waals surface area (Å²) >= 11 is 0. The van der Waals surface area contributed by atoms with Gasteiger partial charge in [0.2, 0.25) is 0 Å². The van der Waals surface area contributed by atoms with Crippen molar-refractivity contribution in [1.29, 1.82) is 0 Å². The lowest BCUT2D eigenvalue weighted by Crippen LogP contribution is -2.14. The van der Waals surface area contributed by atoms with Crippen molar-refractivity contribution in [3.05, 3.63) is 10.3 Å². The van der Waals surface area contributed by atoms with Crippen LogP contribution >= 0.6 is 0 Å². The Kier molecular flexibility index (Phi) is 4.56. The third-order valence-electron chi connectivity index (χ3n) is 1.43. The first-order chi connectivity index (χ1) is 6.94. The summed E-state index contributed by atoms with van der Waals surface area (Å²) in [7, 11) is -8.02. The molecule has 0 aliphatic carbocycles. The van der Waals surface area contributed by atoms with E-state index in [2.05, 4.69) is 0 Å². The number of carbonyl (C=O) groups excluding carboxylic acids is 2. The van der Waals surface area contributed by atoms with Gasteiger partial charge >= 0.3 is 0 Å². The van der Waals surface area contributed by atoms with Crippen LogP contribution in [0.15, 0.2) is 10.3 Å². The second-order valence-corrected chi connectivity index (χ2v) is 7.58. The van der Waals surface area contributed by atoms with Crippen LogP contribution in [0.2, 0.25) is 0 Å². The van der Waals surface area contributed by atoms with Gasteiger partial charge in [0, 0.05) is 18.6 Å². The SMILES string of the molecule is CC(=O)CC(=O)C=C(S(C)(=O)=O)S(C)(=O)=O. The van der Waals surface area contributed by atoms with Crippen LogP contribution < -0.4 is 0 Å². The number of Topliss-reactive ketones (excluding diaryl/α,β-unsaturated/α-hetero) is 1. The number of rotatable bonds is 5. The van der Waals surface area contributed by atoms with E-state index in [-0.39, 0.29) is 0 Å². The summed E-state index contributed by atoms with van der Waals surface area (Å²) in [4.78, 5) is 21.7. The van der Waals surface area contributed by atoms with E-state index >= 15 is 0 Å². The van der Waals surface area contributed by atoms with Crippen molar-refractivity contribution in [2.75, 3.05) is 12.5 Å². The Morgan fingerprint density at radius 1 is 1.00 bits per heavy atom. The number of sulfone groups is 2. The maximum Gasteiger partial charge on any atom is 0.186 e. The zero-order valence-corrected chi connectivity index (χ0v) is 10.7. The van der Waals surface area contributed by atoms with Crippen molar-refractivity contribution in [2.24, 2.45) is 0 Å². The van der Waals surface area contributed by atoms with Gasteiger partial charge < -0.3 is 0 Å². The van der Waals surface area contributed by atoms with Gasteiger partial charge in [-0.15, -0.1) is 0 Å². The quantitative estimate of drug-likeness (QED) is 0.490. The van der Waals surface area contributed by atoms with E-state index in [1.54, 1.807) is 0 Å². The number of ketones is 2. The molecule has 0 aliphatic heterocycles. The summed E-state index contributed by atoms with van der Waals surface area (Å²) in [5, 5.41) is 0. The minimum atomic E-state index is -4.01. The molecule has 0 rings (SSSR count). The highest BCUT2D eigenvalue weighted by Gasteiger charge is 2.24. The summed E-state index contributed by atoms with van der Waals surface area (Å²) < 4.78 is 43.5. The highest BCUT2D eigenvalue weighted by atomic mass is 32.3. The zero-order valence-electron chi connectivity index (χ0n) is 9.05. The van der Waals surface area contributed by atoms with Gasteiger partial charge in [-0.2, -0.15) is 0 Å². The van der Waals surface area contributed by atoms with Gasteiger partial charge in [-0.25, -0.2) is 16.8 Å². The first-order valence-corrected chi connectivity index (χ1v) is 7.87. The molecule has 0 aliphatic rings. The summed E-state index contributed by atoms with van der Waals surface area (Å²) in [5.41, 5.74) is 0. The minimum absolute atomic E-state index is 0.470. The number of allylic oxidation sites excluding steroid dienone is 1. The first kappa shape index (κ1) is 15.0. The number of carbonyl (C=O) groups is 2. The van der Waals surface area contributed by atoms with Crippen LogP contribution in [0.25, 0.3) is 0 Å². The van der Waals surface area contributed by atoms with Crippen molar-refractivity contribution in [3.8, 4) is 0 Å². The fraction of sp³-hybridized carbons (Fsp3) is 0.500. The molecule has 0 aromatic rings. The van der Waals surface area contributed by atoms with E-state index < -0.39 is 41.9 Å². The van der Waals surface area contributed by atoms with Crippen LogP contribution in [-0.4, -0.2) is 40.9 Å². The molecule has 0 N–H and O–H groups in total. The second kappa shape index (κ2) is 4.88. The van der Waals surface area contributed by atoms with Crippen LogP contribution in [0.4, 0.5) is 0 Å².